The molecule has 2 heterocycles. The molecule has 29 heavy (non-hydrogen) atoms. The van der Waals surface area contributed by atoms with E-state index in [0.717, 1.165) is 12.1 Å². The number of fused-ring (bicyclic) bond motifs is 1. The van der Waals surface area contributed by atoms with E-state index in [4.69, 9.17) is 16.2 Å². The van der Waals surface area contributed by atoms with Gasteiger partial charge in [0.1, 0.15) is 29.4 Å². The highest BCUT2D eigenvalue weighted by Crippen LogP contribution is 2.36. The van der Waals surface area contributed by atoms with Crippen molar-refractivity contribution in [3.8, 4) is 34.3 Å². The number of aromatic nitrogens is 4. The topological polar surface area (TPSA) is 87.5 Å². The van der Waals surface area contributed by atoms with Crippen LogP contribution in [0.5, 0.6) is 5.75 Å². The Labute approximate surface area is 166 Å². The number of benzene rings is 2. The van der Waals surface area contributed by atoms with Crippen molar-refractivity contribution in [2.45, 2.75) is 6.18 Å². The fraction of sp³-hybridized carbons (Fsp3) is 0.0526. The number of pyridine rings is 1. The molecule has 0 aliphatic carbocycles. The molecule has 2 aromatic carbocycles. The summed E-state index contributed by atoms with van der Waals surface area (Å²) >= 11 is 5.43. The standard InChI is InChI=1S/C19H9ClF3N5O/c20-29-12-5-6-13-14(10-1-3-11(4-2-10)19(21,22)23)8-16(25-15(13)7-12)18-17(9-24)26-28-27-18/h1-8H,(H,26,27,28). The molecule has 10 heteroatoms. The van der Waals surface area contributed by atoms with E-state index in [1.165, 1.54) is 12.1 Å². The molecule has 6 nitrogen and oxygen atoms in total. The summed E-state index contributed by atoms with van der Waals surface area (Å²) in [5.74, 6) is 0.336. The maximum Gasteiger partial charge on any atom is 0.416 e. The quantitative estimate of drug-likeness (QED) is 0.502. The van der Waals surface area contributed by atoms with Crippen molar-refractivity contribution in [1.82, 2.24) is 20.4 Å². The first kappa shape index (κ1) is 18.7. The summed E-state index contributed by atoms with van der Waals surface area (Å²) in [4.78, 5) is 4.49. The van der Waals surface area contributed by atoms with Crippen LogP contribution in [0, 0.1) is 11.3 Å². The van der Waals surface area contributed by atoms with E-state index in [-0.39, 0.29) is 11.4 Å². The summed E-state index contributed by atoms with van der Waals surface area (Å²) in [6.45, 7) is 0. The van der Waals surface area contributed by atoms with E-state index >= 15 is 0 Å². The van der Waals surface area contributed by atoms with E-state index in [9.17, 15) is 18.4 Å². The first-order chi connectivity index (χ1) is 13.9. The van der Waals surface area contributed by atoms with E-state index in [1.54, 1.807) is 24.3 Å². The van der Waals surface area contributed by atoms with Crippen LogP contribution in [0.25, 0.3) is 33.4 Å². The molecule has 4 rings (SSSR count). The van der Waals surface area contributed by atoms with Gasteiger partial charge in [-0.25, -0.2) is 4.98 Å². The predicted octanol–water partition coefficient (Wildman–Crippen LogP) is 5.11. The van der Waals surface area contributed by atoms with Gasteiger partial charge in [-0.15, -0.1) is 5.10 Å². The Morgan fingerprint density at radius 1 is 1.03 bits per heavy atom. The van der Waals surface area contributed by atoms with Gasteiger partial charge in [0, 0.05) is 11.5 Å². The second-order valence-electron chi connectivity index (χ2n) is 6.02. The highest BCUT2D eigenvalue weighted by molar-refractivity contribution is 6.09. The van der Waals surface area contributed by atoms with Crippen molar-refractivity contribution in [3.63, 3.8) is 0 Å². The van der Waals surface area contributed by atoms with Gasteiger partial charge in [0.05, 0.1) is 16.8 Å². The van der Waals surface area contributed by atoms with Gasteiger partial charge < -0.3 is 4.29 Å². The average molecular weight is 416 g/mol. The number of alkyl halides is 3. The molecule has 0 bridgehead atoms. The Bertz CT molecular complexity index is 1250. The van der Waals surface area contributed by atoms with Gasteiger partial charge in [-0.05, 0) is 41.5 Å². The van der Waals surface area contributed by atoms with Gasteiger partial charge in [-0.2, -0.15) is 28.7 Å². The lowest BCUT2D eigenvalue weighted by atomic mass is 9.98. The van der Waals surface area contributed by atoms with Crippen LogP contribution in [0.3, 0.4) is 0 Å². The van der Waals surface area contributed by atoms with Gasteiger partial charge in [0.25, 0.3) is 0 Å². The van der Waals surface area contributed by atoms with Crippen LogP contribution in [0.1, 0.15) is 11.3 Å². The summed E-state index contributed by atoms with van der Waals surface area (Å²) in [6.07, 6.45) is -4.43. The number of hydrogen-bond donors (Lipinski definition) is 1. The predicted molar refractivity (Wildman–Crippen MR) is 98.8 cm³/mol. The van der Waals surface area contributed by atoms with Crippen LogP contribution in [-0.4, -0.2) is 20.4 Å². The summed E-state index contributed by atoms with van der Waals surface area (Å²) in [6, 6.07) is 13.2. The van der Waals surface area contributed by atoms with Crippen molar-refractivity contribution < 1.29 is 17.5 Å². The molecule has 0 aliphatic rings. The molecule has 1 N–H and O–H groups in total. The first-order valence-corrected chi connectivity index (χ1v) is 8.44. The lowest BCUT2D eigenvalue weighted by molar-refractivity contribution is -0.137. The van der Waals surface area contributed by atoms with Crippen molar-refractivity contribution in [1.29, 1.82) is 5.26 Å². The molecule has 0 amide bonds. The van der Waals surface area contributed by atoms with E-state index < -0.39 is 11.7 Å². The summed E-state index contributed by atoms with van der Waals surface area (Å²) in [5.41, 5.74) is 1.44. The minimum atomic E-state index is -4.43. The maximum atomic E-state index is 12.9. The van der Waals surface area contributed by atoms with Crippen LogP contribution < -0.4 is 4.29 Å². The van der Waals surface area contributed by atoms with Gasteiger partial charge >= 0.3 is 6.18 Å². The fourth-order valence-corrected chi connectivity index (χ4v) is 3.04. The lowest BCUT2D eigenvalue weighted by Gasteiger charge is -2.11. The van der Waals surface area contributed by atoms with Gasteiger partial charge in [-0.1, -0.05) is 12.1 Å². The summed E-state index contributed by atoms with van der Waals surface area (Å²) in [7, 11) is 0. The monoisotopic (exact) mass is 415 g/mol. The van der Waals surface area contributed by atoms with Crippen molar-refractivity contribution >= 4 is 22.8 Å². The highest BCUT2D eigenvalue weighted by Gasteiger charge is 2.30. The number of nitrogens with one attached hydrogen (secondary N) is 1. The molecular formula is C19H9ClF3N5O. The van der Waals surface area contributed by atoms with Gasteiger partial charge in [0.15, 0.2) is 5.69 Å². The zero-order valence-electron chi connectivity index (χ0n) is 14.3. The molecule has 0 saturated carbocycles. The number of nitriles is 1. The third kappa shape index (κ3) is 3.46. The van der Waals surface area contributed by atoms with Crippen LogP contribution in [0.2, 0.25) is 0 Å². The van der Waals surface area contributed by atoms with Crippen LogP contribution >= 0.6 is 11.9 Å². The Morgan fingerprint density at radius 2 is 1.79 bits per heavy atom. The first-order valence-electron chi connectivity index (χ1n) is 8.13. The highest BCUT2D eigenvalue weighted by atomic mass is 35.5. The molecule has 0 unspecified atom stereocenters. The number of H-pyrrole nitrogens is 1. The van der Waals surface area contributed by atoms with E-state index in [1.807, 2.05) is 6.07 Å². The van der Waals surface area contributed by atoms with E-state index in [2.05, 4.69) is 20.4 Å². The largest absolute Gasteiger partial charge is 0.416 e. The minimum absolute atomic E-state index is 0.0416. The molecule has 144 valence electrons. The van der Waals surface area contributed by atoms with Crippen LogP contribution in [0.4, 0.5) is 13.2 Å². The fourth-order valence-electron chi connectivity index (χ4n) is 2.94. The zero-order valence-corrected chi connectivity index (χ0v) is 15.1. The SMILES string of the molecule is N#Cc1n[nH]nc1-c1cc(-c2ccc(C(F)(F)F)cc2)c2ccc(OCl)cc2n1. The number of aromatic amines is 1. The Morgan fingerprint density at radius 3 is 2.45 bits per heavy atom. The lowest BCUT2D eigenvalue weighted by Crippen LogP contribution is -2.04. The Balaban J connectivity index is 1.95. The molecule has 0 saturated heterocycles. The van der Waals surface area contributed by atoms with Crippen LogP contribution in [-0.2, 0) is 6.18 Å². The molecular weight excluding hydrogens is 407 g/mol. The second kappa shape index (κ2) is 7.07. The zero-order chi connectivity index (χ0) is 20.6. The molecule has 0 spiro atoms. The second-order valence-corrected chi connectivity index (χ2v) is 6.17. The third-order valence-electron chi connectivity index (χ3n) is 4.29. The Hall–Kier alpha value is -3.64. The summed E-state index contributed by atoms with van der Waals surface area (Å²) in [5, 5.41) is 20.0. The van der Waals surface area contributed by atoms with Crippen molar-refractivity contribution in [3.05, 3.63) is 59.8 Å². The van der Waals surface area contributed by atoms with E-state index in [0.29, 0.717) is 33.5 Å². The summed E-state index contributed by atoms with van der Waals surface area (Å²) < 4.78 is 43.4. The maximum absolute atomic E-state index is 12.9. The number of hydrogen-bond acceptors (Lipinski definition) is 5. The van der Waals surface area contributed by atoms with Crippen LogP contribution in [0.15, 0.2) is 48.5 Å². The number of nitrogens with zero attached hydrogens (tertiary/aromatic N) is 4. The molecule has 2 aromatic heterocycles. The van der Waals surface area contributed by atoms with Crippen molar-refractivity contribution in [2.24, 2.45) is 0 Å². The van der Waals surface area contributed by atoms with Gasteiger partial charge in [-0.3, -0.25) is 0 Å². The van der Waals surface area contributed by atoms with Crippen molar-refractivity contribution in [2.75, 3.05) is 0 Å². The average Bonchev–Trinajstić information content (AvgIpc) is 3.21. The minimum Gasteiger partial charge on any atom is -0.386 e. The molecule has 4 aromatic rings. The normalized spacial score (nSPS) is 11.4. The number of halogens is 4. The molecule has 0 atom stereocenters. The number of rotatable bonds is 3. The molecule has 0 fully saturated rings. The third-order valence-corrected chi connectivity index (χ3v) is 4.47. The smallest absolute Gasteiger partial charge is 0.386 e. The Kier molecular flexibility index (Phi) is 4.56. The van der Waals surface area contributed by atoms with Gasteiger partial charge in [0.2, 0.25) is 0 Å². The molecule has 0 aliphatic heterocycles. The molecule has 0 radical (unpaired) electrons.